The lowest BCUT2D eigenvalue weighted by Gasteiger charge is -2.02. The number of non-ortho nitro benzene ring substituents is 1. The number of nitro groups is 1. The zero-order valence-electron chi connectivity index (χ0n) is 14.7. The van der Waals surface area contributed by atoms with Crippen molar-refractivity contribution in [3.8, 4) is 0 Å². The zero-order chi connectivity index (χ0) is 18.5. The Morgan fingerprint density at radius 3 is 2.42 bits per heavy atom. The fourth-order valence-electron chi connectivity index (χ4n) is 2.79. The first-order chi connectivity index (χ1) is 12.6. The molecule has 0 aliphatic heterocycles. The molecule has 3 rings (SSSR count). The number of nitrogens with zero attached hydrogens (tertiary/aromatic N) is 6. The van der Waals surface area contributed by atoms with Crippen LogP contribution in [-0.2, 0) is 13.6 Å². The van der Waals surface area contributed by atoms with Gasteiger partial charge in [-0.05, 0) is 35.9 Å². The fourth-order valence-corrected chi connectivity index (χ4v) is 2.79. The van der Waals surface area contributed by atoms with Gasteiger partial charge in [0.1, 0.15) is 0 Å². The van der Waals surface area contributed by atoms with E-state index in [1.807, 2.05) is 29.8 Å². The quantitative estimate of drug-likeness (QED) is 0.376. The van der Waals surface area contributed by atoms with E-state index in [4.69, 9.17) is 0 Å². The van der Waals surface area contributed by atoms with Crippen LogP contribution in [0.25, 0.3) is 11.0 Å². The molecule has 8 nitrogen and oxygen atoms in total. The van der Waals surface area contributed by atoms with Gasteiger partial charge >= 0.3 is 0 Å². The van der Waals surface area contributed by atoms with Crippen molar-refractivity contribution in [3.63, 3.8) is 0 Å². The number of hydrogen-bond acceptors (Lipinski definition) is 4. The Kier molecular flexibility index (Phi) is 5.21. The zero-order valence-corrected chi connectivity index (χ0v) is 14.7. The Labute approximate surface area is 150 Å². The van der Waals surface area contributed by atoms with E-state index in [-0.39, 0.29) is 5.69 Å². The van der Waals surface area contributed by atoms with Crippen molar-refractivity contribution in [2.24, 2.45) is 22.5 Å². The van der Waals surface area contributed by atoms with Gasteiger partial charge in [-0.1, -0.05) is 30.6 Å². The molecule has 0 unspecified atom stereocenters. The molecule has 1 aromatic heterocycles. The van der Waals surface area contributed by atoms with Crippen molar-refractivity contribution in [2.75, 3.05) is 0 Å². The number of hydrogen-bond donors (Lipinski definition) is 0. The van der Waals surface area contributed by atoms with Gasteiger partial charge in [-0.25, -0.2) is 0 Å². The van der Waals surface area contributed by atoms with Gasteiger partial charge in [0.2, 0.25) is 5.62 Å². The van der Waals surface area contributed by atoms with Crippen molar-refractivity contribution in [3.05, 3.63) is 64.3 Å². The van der Waals surface area contributed by atoms with E-state index >= 15 is 0 Å². The van der Waals surface area contributed by atoms with Crippen molar-refractivity contribution >= 4 is 22.4 Å². The third-order valence-corrected chi connectivity index (χ3v) is 4.17. The maximum atomic E-state index is 10.7. The van der Waals surface area contributed by atoms with Gasteiger partial charge in [-0.2, -0.15) is 0 Å². The molecule has 8 heteroatoms. The smallest absolute Gasteiger partial charge is 0.269 e. The summed E-state index contributed by atoms with van der Waals surface area (Å²) >= 11 is 0. The molecule has 0 spiro atoms. The van der Waals surface area contributed by atoms with Crippen LogP contribution < -0.4 is 5.62 Å². The predicted octanol–water partition coefficient (Wildman–Crippen LogP) is 4.29. The number of rotatable bonds is 6. The monoisotopic (exact) mass is 352 g/mol. The molecule has 2 aromatic carbocycles. The van der Waals surface area contributed by atoms with Crippen LogP contribution in [-0.4, -0.2) is 14.1 Å². The number of nitro benzene ring substituents is 1. The van der Waals surface area contributed by atoms with Crippen LogP contribution in [0.15, 0.2) is 64.0 Å². The molecule has 3 aromatic rings. The number of benzene rings is 2. The van der Waals surface area contributed by atoms with E-state index in [2.05, 4.69) is 33.0 Å². The Morgan fingerprint density at radius 2 is 1.77 bits per heavy atom. The average Bonchev–Trinajstić information content (AvgIpc) is 2.92. The van der Waals surface area contributed by atoms with Crippen molar-refractivity contribution in [1.29, 1.82) is 0 Å². The summed E-state index contributed by atoms with van der Waals surface area (Å²) in [6, 6.07) is 14.0. The van der Waals surface area contributed by atoms with E-state index in [1.165, 1.54) is 12.1 Å². The van der Waals surface area contributed by atoms with Crippen LogP contribution in [0.1, 0.15) is 19.8 Å². The van der Waals surface area contributed by atoms with Gasteiger partial charge in [-0.15, -0.1) is 5.11 Å². The molecule has 0 N–H and O–H groups in total. The largest absolute Gasteiger partial charge is 0.312 e. The Bertz CT molecular complexity index is 1010. The van der Waals surface area contributed by atoms with E-state index in [9.17, 15) is 10.1 Å². The summed E-state index contributed by atoms with van der Waals surface area (Å²) in [6.45, 7) is 3.00. The molecule has 1 heterocycles. The third-order valence-electron chi connectivity index (χ3n) is 4.17. The van der Waals surface area contributed by atoms with Crippen molar-refractivity contribution in [2.45, 2.75) is 26.3 Å². The molecule has 0 bridgehead atoms. The predicted molar refractivity (Wildman–Crippen MR) is 99.0 cm³/mol. The van der Waals surface area contributed by atoms with Crippen LogP contribution >= 0.6 is 0 Å². The van der Waals surface area contributed by atoms with E-state index in [0.717, 1.165) is 30.4 Å². The molecule has 0 radical (unpaired) electrons. The minimum Gasteiger partial charge on any atom is -0.312 e. The molecule has 0 aliphatic rings. The Morgan fingerprint density at radius 1 is 1.08 bits per heavy atom. The van der Waals surface area contributed by atoms with Gasteiger partial charge in [0.05, 0.1) is 21.6 Å². The molecular weight excluding hydrogens is 332 g/mol. The summed E-state index contributed by atoms with van der Waals surface area (Å²) in [5, 5.41) is 23.0. The van der Waals surface area contributed by atoms with Gasteiger partial charge in [0, 0.05) is 25.7 Å². The Hall–Kier alpha value is -3.29. The van der Waals surface area contributed by atoms with Gasteiger partial charge < -0.3 is 9.13 Å². The van der Waals surface area contributed by atoms with Crippen LogP contribution in [0.5, 0.6) is 0 Å². The first-order valence-electron chi connectivity index (χ1n) is 8.45. The molecule has 0 saturated heterocycles. The normalized spacial score (nSPS) is 12.3. The highest BCUT2D eigenvalue weighted by Gasteiger charge is 2.08. The Balaban J connectivity index is 1.98. The molecular formula is C18H20N6O2. The number of unbranched alkanes of at least 4 members (excludes halogenated alkanes) is 1. The summed E-state index contributed by atoms with van der Waals surface area (Å²) < 4.78 is 4.12. The van der Waals surface area contributed by atoms with Gasteiger partial charge in [0.25, 0.3) is 5.69 Å². The SMILES string of the molecule is CCCCn1/c(=N\N=Nc2ccc([N+](=O)[O-])cc2)n(C)c2ccccc21. The second kappa shape index (κ2) is 7.73. The van der Waals surface area contributed by atoms with E-state index in [1.54, 1.807) is 12.1 Å². The molecule has 26 heavy (non-hydrogen) atoms. The fraction of sp³-hybridized carbons (Fsp3) is 0.278. The second-order valence-electron chi connectivity index (χ2n) is 5.92. The van der Waals surface area contributed by atoms with Crippen LogP contribution in [0, 0.1) is 10.1 Å². The highest BCUT2D eigenvalue weighted by molar-refractivity contribution is 5.75. The summed E-state index contributed by atoms with van der Waals surface area (Å²) in [5.41, 5.74) is 3.43. The van der Waals surface area contributed by atoms with E-state index < -0.39 is 4.92 Å². The summed E-state index contributed by atoms with van der Waals surface area (Å²) in [4.78, 5) is 10.2. The first-order valence-corrected chi connectivity index (χ1v) is 8.45. The lowest BCUT2D eigenvalue weighted by atomic mass is 10.3. The van der Waals surface area contributed by atoms with Crippen LogP contribution in [0.2, 0.25) is 0 Å². The van der Waals surface area contributed by atoms with Crippen molar-refractivity contribution in [1.82, 2.24) is 9.13 Å². The average molecular weight is 352 g/mol. The second-order valence-corrected chi connectivity index (χ2v) is 5.92. The number of aromatic nitrogens is 2. The maximum Gasteiger partial charge on any atom is 0.269 e. The summed E-state index contributed by atoms with van der Waals surface area (Å²) in [7, 11) is 1.95. The van der Waals surface area contributed by atoms with Crippen LogP contribution in [0.3, 0.4) is 0 Å². The van der Waals surface area contributed by atoms with Crippen molar-refractivity contribution < 1.29 is 4.92 Å². The highest BCUT2D eigenvalue weighted by atomic mass is 16.6. The standard InChI is InChI=1S/C18H20N6O2/c1-3-4-13-23-17-8-6-5-7-16(17)22(2)18(23)20-21-19-14-9-11-15(12-10-14)24(25)26/h5-12H,3-4,13H2,1-2H3/b20-18-,21-19?. The van der Waals surface area contributed by atoms with Crippen LogP contribution in [0.4, 0.5) is 11.4 Å². The third kappa shape index (κ3) is 3.53. The number of fused-ring (bicyclic) bond motifs is 1. The number of imidazole rings is 1. The molecule has 0 fully saturated rings. The van der Waals surface area contributed by atoms with Gasteiger partial charge in [0.15, 0.2) is 0 Å². The topological polar surface area (TPSA) is 90.1 Å². The maximum absolute atomic E-state index is 10.7. The molecule has 0 atom stereocenters. The molecule has 0 saturated carbocycles. The highest BCUT2D eigenvalue weighted by Crippen LogP contribution is 2.18. The first kappa shape index (κ1) is 17.5. The number of aryl methyl sites for hydroxylation is 2. The molecule has 0 amide bonds. The summed E-state index contributed by atoms with van der Waals surface area (Å²) in [5.74, 6) is 0. The minimum atomic E-state index is -0.447. The summed E-state index contributed by atoms with van der Waals surface area (Å²) in [6.07, 6.45) is 2.13. The lowest BCUT2D eigenvalue weighted by Crippen LogP contribution is -2.24. The minimum absolute atomic E-state index is 0.0204. The van der Waals surface area contributed by atoms with E-state index in [0.29, 0.717) is 11.3 Å². The lowest BCUT2D eigenvalue weighted by molar-refractivity contribution is -0.384. The number of para-hydroxylation sites is 2. The molecule has 0 aliphatic carbocycles. The van der Waals surface area contributed by atoms with Gasteiger partial charge in [-0.3, -0.25) is 10.1 Å². The molecule has 134 valence electrons.